The van der Waals surface area contributed by atoms with Crippen molar-refractivity contribution in [3.63, 3.8) is 0 Å². The molecule has 6 aliphatic carbocycles. The molecule has 0 spiro atoms. The summed E-state index contributed by atoms with van der Waals surface area (Å²) in [7, 11) is 1.95. The van der Waals surface area contributed by atoms with E-state index in [9.17, 15) is 9.59 Å². The van der Waals surface area contributed by atoms with Crippen molar-refractivity contribution < 1.29 is 66.1 Å². The first-order valence-corrected chi connectivity index (χ1v) is 26.4. The zero-order valence-corrected chi connectivity index (χ0v) is 45.3. The molecule has 6 saturated carbocycles. The number of rotatable bonds is 10. The number of hydrogen-bond acceptors (Lipinski definition) is 14. The van der Waals surface area contributed by atoms with Crippen LogP contribution in [0.15, 0.2) is 24.3 Å². The van der Waals surface area contributed by atoms with Gasteiger partial charge in [-0.1, -0.05) is 52.0 Å². The van der Waals surface area contributed by atoms with E-state index >= 15 is 0 Å². The molecule has 390 valence electrons. The molecule has 4 saturated heterocycles. The average Bonchev–Trinajstić information content (AvgIpc) is 3.87. The molecular formula is C54H77B2ClO14. The van der Waals surface area contributed by atoms with Crippen molar-refractivity contribution in [2.45, 2.75) is 180 Å². The summed E-state index contributed by atoms with van der Waals surface area (Å²) in [5, 5.41) is -0.462. The number of hydrogen-bond donors (Lipinski definition) is 0. The lowest BCUT2D eigenvalue weighted by molar-refractivity contribution is -0.199. The summed E-state index contributed by atoms with van der Waals surface area (Å²) in [6.45, 7) is 27.0. The van der Waals surface area contributed by atoms with Gasteiger partial charge in [-0.2, -0.15) is 0 Å². The number of halogens is 1. The molecule has 2 aromatic rings. The third-order valence-corrected chi connectivity index (χ3v) is 17.5. The van der Waals surface area contributed by atoms with E-state index in [4.69, 9.17) is 68.1 Å². The first-order chi connectivity index (χ1) is 33.3. The fourth-order valence-corrected chi connectivity index (χ4v) is 13.5. The van der Waals surface area contributed by atoms with E-state index in [1.165, 1.54) is 12.8 Å². The quantitative estimate of drug-likeness (QED) is 0.127. The summed E-state index contributed by atoms with van der Waals surface area (Å²) in [5.41, 5.74) is 1.73. The van der Waals surface area contributed by atoms with Crippen LogP contribution >= 0.6 is 11.6 Å². The Morgan fingerprint density at radius 1 is 0.648 bits per heavy atom. The molecule has 17 heteroatoms. The Morgan fingerprint density at radius 2 is 1.10 bits per heavy atom. The Balaban J connectivity index is 0.000000176. The molecule has 12 rings (SSSR count). The second-order valence-electron chi connectivity index (χ2n) is 24.6. The van der Waals surface area contributed by atoms with Crippen LogP contribution in [0.1, 0.15) is 172 Å². The van der Waals surface area contributed by atoms with Gasteiger partial charge in [-0.25, -0.2) is 9.59 Å². The van der Waals surface area contributed by atoms with Gasteiger partial charge in [0.15, 0.2) is 12.6 Å². The molecule has 2 unspecified atom stereocenters. The van der Waals surface area contributed by atoms with Crippen LogP contribution in [0.5, 0.6) is 11.5 Å². The molecule has 14 nitrogen and oxygen atoms in total. The van der Waals surface area contributed by atoms with Crippen LogP contribution in [0, 0.1) is 34.5 Å². The van der Waals surface area contributed by atoms with Gasteiger partial charge in [0.25, 0.3) is 0 Å². The van der Waals surface area contributed by atoms with Crippen LogP contribution in [0.4, 0.5) is 0 Å². The lowest BCUT2D eigenvalue weighted by Gasteiger charge is -2.64. The van der Waals surface area contributed by atoms with Crippen LogP contribution < -0.4 is 14.9 Å². The van der Waals surface area contributed by atoms with Crippen LogP contribution in [-0.4, -0.2) is 107 Å². The fourth-order valence-electron chi connectivity index (χ4n) is 13.2. The lowest BCUT2D eigenvalue weighted by atomic mass is 9.43. The zero-order valence-electron chi connectivity index (χ0n) is 44.5. The predicted molar refractivity (Wildman–Crippen MR) is 268 cm³/mol. The summed E-state index contributed by atoms with van der Waals surface area (Å²) in [6, 6.07) is 7.53. The number of carbonyl (C=O) groups excluding carboxylic acids is 2. The third kappa shape index (κ3) is 9.71. The minimum absolute atomic E-state index is 0.0219. The maximum Gasteiger partial charge on any atom is 0.498 e. The third-order valence-electron chi connectivity index (χ3n) is 17.2. The van der Waals surface area contributed by atoms with Crippen LogP contribution in [0.2, 0.25) is 0 Å². The maximum absolute atomic E-state index is 13.4. The van der Waals surface area contributed by atoms with E-state index in [1.807, 2.05) is 65.8 Å². The molecule has 10 fully saturated rings. The fraction of sp³-hybridized carbons (Fsp3) is 0.741. The highest BCUT2D eigenvalue weighted by atomic mass is 35.5. The van der Waals surface area contributed by atoms with Gasteiger partial charge in [0.1, 0.15) is 33.8 Å². The number of ether oxygens (including phenoxy) is 8. The molecule has 4 heterocycles. The first kappa shape index (κ1) is 52.9. The van der Waals surface area contributed by atoms with Gasteiger partial charge in [0.2, 0.25) is 0 Å². The summed E-state index contributed by atoms with van der Waals surface area (Å²) >= 11 is 6.97. The maximum atomic E-state index is 13.4. The Labute approximate surface area is 427 Å². The van der Waals surface area contributed by atoms with E-state index in [-0.39, 0.29) is 34.2 Å². The van der Waals surface area contributed by atoms with Crippen LogP contribution in [0.25, 0.3) is 0 Å². The van der Waals surface area contributed by atoms with Gasteiger partial charge >= 0.3 is 26.2 Å². The second kappa shape index (κ2) is 19.3. The standard InChI is InChI=1S/C28H40BClO7.C26H37BO7/c1-26(2,3)35-24(31)22-18(25-33-11-8-12-34-25)10-9-16(23(22)32-7)13-21(30)29-36-20-15-17-14-19(27(17,4)5)28(20,6)37-29;1-24(2,3)32-22(28)20-16(23-30-11-8-12-31-23)9-10-17(21(20)29-7)27-33-19-14-15-13-18(25(15,4)5)26(19,6)34-27/h9-10,17,19-21,25H,8,11-15H2,1-7H3;9-10,15,18-19,23H,8,11-14H2,1-7H3/t17-,19-,20?,21+,28-;15-,18-,19?,26-/m00/s1. The van der Waals surface area contributed by atoms with E-state index in [0.29, 0.717) is 95.7 Å². The van der Waals surface area contributed by atoms with E-state index < -0.39 is 55.2 Å². The SMILES string of the molecule is COc1c(B2OC3C[C@@H]4C[C@@H](C4(C)C)[C@]3(C)O2)ccc(C2OCCCO2)c1C(=O)OC(C)(C)C.COc1c(C[C@@H](Cl)B2OC3C[C@@H]4C[C@@H](C4(C)C)[C@]3(C)O2)ccc(C2OCCCO2)c1C(=O)OC(C)(C)C. The molecule has 9 atom stereocenters. The number of alkyl halides is 1. The Bertz CT molecular complexity index is 2320. The molecular weight excluding hydrogens is 930 g/mol. The summed E-state index contributed by atoms with van der Waals surface area (Å²) in [4.78, 5) is 26.9. The highest BCUT2D eigenvalue weighted by Gasteiger charge is 2.69. The van der Waals surface area contributed by atoms with E-state index in [0.717, 1.165) is 31.2 Å². The monoisotopic (exact) mass is 1010 g/mol. The van der Waals surface area contributed by atoms with Crippen molar-refractivity contribution in [1.29, 1.82) is 0 Å². The summed E-state index contributed by atoms with van der Waals surface area (Å²) in [6.07, 6.45) is 5.13. The number of carbonyl (C=O) groups is 2. The summed E-state index contributed by atoms with van der Waals surface area (Å²) in [5.74, 6) is 2.06. The van der Waals surface area contributed by atoms with Crippen molar-refractivity contribution in [2.75, 3.05) is 40.6 Å². The van der Waals surface area contributed by atoms with Gasteiger partial charge in [-0.05, 0) is 140 Å². The number of benzene rings is 2. The van der Waals surface area contributed by atoms with Crippen molar-refractivity contribution in [3.8, 4) is 11.5 Å². The lowest BCUT2D eigenvalue weighted by Crippen LogP contribution is -2.65. The molecule has 0 radical (unpaired) electrons. The zero-order chi connectivity index (χ0) is 51.2. The molecule has 4 aliphatic heterocycles. The average molecular weight is 1010 g/mol. The van der Waals surface area contributed by atoms with Crippen molar-refractivity contribution in [3.05, 3.63) is 52.1 Å². The van der Waals surface area contributed by atoms with Gasteiger partial charge in [0, 0.05) is 16.6 Å². The normalized spacial score (nSPS) is 32.3. The molecule has 0 N–H and O–H groups in total. The molecule has 71 heavy (non-hydrogen) atoms. The highest BCUT2D eigenvalue weighted by Crippen LogP contribution is 2.67. The number of methoxy groups -OCH3 is 2. The molecule has 4 bridgehead atoms. The van der Waals surface area contributed by atoms with Crippen molar-refractivity contribution >= 4 is 43.2 Å². The largest absolute Gasteiger partial charge is 0.498 e. The first-order valence-electron chi connectivity index (χ1n) is 25.9. The van der Waals surface area contributed by atoms with Gasteiger partial charge in [-0.3, -0.25) is 0 Å². The number of esters is 2. The Morgan fingerprint density at radius 3 is 1.56 bits per heavy atom. The summed E-state index contributed by atoms with van der Waals surface area (Å²) < 4.78 is 72.7. The van der Waals surface area contributed by atoms with Crippen molar-refractivity contribution in [1.82, 2.24) is 0 Å². The molecule has 0 aromatic heterocycles. The molecule has 0 amide bonds. The predicted octanol–water partition coefficient (Wildman–Crippen LogP) is 9.52. The topological polar surface area (TPSA) is 145 Å². The van der Waals surface area contributed by atoms with E-state index in [1.54, 1.807) is 14.2 Å². The highest BCUT2D eigenvalue weighted by molar-refractivity contribution is 6.63. The Kier molecular flexibility index (Phi) is 14.4. The second-order valence-corrected chi connectivity index (χ2v) is 25.2. The minimum atomic E-state index is -0.676. The smallest absolute Gasteiger partial charge is 0.496 e. The van der Waals surface area contributed by atoms with Gasteiger partial charge < -0.3 is 56.5 Å². The molecule has 10 aliphatic rings. The Hall–Kier alpha value is -2.92. The van der Waals surface area contributed by atoms with Crippen LogP contribution in [-0.2, 0) is 53.5 Å². The van der Waals surface area contributed by atoms with Gasteiger partial charge in [0.05, 0.1) is 69.3 Å². The van der Waals surface area contributed by atoms with Crippen molar-refractivity contribution in [2.24, 2.45) is 34.5 Å². The van der Waals surface area contributed by atoms with E-state index in [2.05, 4.69) is 41.5 Å². The van der Waals surface area contributed by atoms with Crippen LogP contribution in [0.3, 0.4) is 0 Å². The molecule has 2 aromatic carbocycles. The minimum Gasteiger partial charge on any atom is -0.496 e. The van der Waals surface area contributed by atoms with Gasteiger partial charge in [-0.15, -0.1) is 11.6 Å².